The molecule has 0 aromatic heterocycles. The van der Waals surface area contributed by atoms with E-state index in [1.54, 1.807) is 7.11 Å². The smallest absolute Gasteiger partial charge is 0.161 e. The molecule has 0 saturated heterocycles. The summed E-state index contributed by atoms with van der Waals surface area (Å²) in [6.45, 7) is 2.13. The van der Waals surface area contributed by atoms with E-state index in [0.29, 0.717) is 25.4 Å². The van der Waals surface area contributed by atoms with E-state index in [9.17, 15) is 0 Å². The first-order valence-corrected chi connectivity index (χ1v) is 7.01. The molecule has 0 radical (unpaired) electrons. The van der Waals surface area contributed by atoms with Gasteiger partial charge in [0.05, 0.1) is 6.10 Å². The molecule has 0 amide bonds. The average Bonchev–Trinajstić information content (AvgIpc) is 2.92. The second-order valence-corrected chi connectivity index (χ2v) is 5.17. The standard InChI is InChI=1S/C15H21NO3/c1-17-13-4-2-3-12(13)16-10-11-5-6-14-15(9-11)19-8-7-18-14/h5-6,9,12-13,16H,2-4,7-8,10H2,1H3. The zero-order valence-electron chi connectivity index (χ0n) is 11.4. The third kappa shape index (κ3) is 2.85. The van der Waals surface area contributed by atoms with Crippen molar-refractivity contribution in [1.29, 1.82) is 0 Å². The van der Waals surface area contributed by atoms with Gasteiger partial charge in [0.1, 0.15) is 13.2 Å². The number of ether oxygens (including phenoxy) is 3. The minimum atomic E-state index is 0.359. The summed E-state index contributed by atoms with van der Waals surface area (Å²) < 4.78 is 16.6. The number of fused-ring (bicyclic) bond motifs is 1. The van der Waals surface area contributed by atoms with Gasteiger partial charge < -0.3 is 19.5 Å². The predicted octanol–water partition coefficient (Wildman–Crippen LogP) is 2.11. The lowest BCUT2D eigenvalue weighted by molar-refractivity contribution is 0.0847. The third-order valence-electron chi connectivity index (χ3n) is 3.93. The fourth-order valence-corrected chi connectivity index (χ4v) is 2.89. The molecule has 0 bridgehead atoms. The minimum Gasteiger partial charge on any atom is -0.486 e. The lowest BCUT2D eigenvalue weighted by atomic mass is 10.1. The molecule has 3 rings (SSSR count). The first-order chi connectivity index (χ1) is 9.36. The summed E-state index contributed by atoms with van der Waals surface area (Å²) >= 11 is 0. The Labute approximate surface area is 114 Å². The van der Waals surface area contributed by atoms with Crippen LogP contribution >= 0.6 is 0 Å². The van der Waals surface area contributed by atoms with Crippen LogP contribution in [0.5, 0.6) is 11.5 Å². The summed E-state index contributed by atoms with van der Waals surface area (Å²) in [5, 5.41) is 3.58. The molecule has 104 valence electrons. The van der Waals surface area contributed by atoms with Crippen molar-refractivity contribution >= 4 is 0 Å². The maximum Gasteiger partial charge on any atom is 0.161 e. The number of hydrogen-bond donors (Lipinski definition) is 1. The highest BCUT2D eigenvalue weighted by atomic mass is 16.6. The molecular formula is C15H21NO3. The van der Waals surface area contributed by atoms with Gasteiger partial charge in [0.2, 0.25) is 0 Å². The fraction of sp³-hybridized carbons (Fsp3) is 0.600. The molecule has 1 aliphatic heterocycles. The van der Waals surface area contributed by atoms with Gasteiger partial charge in [-0.25, -0.2) is 0 Å². The Morgan fingerprint density at radius 2 is 2.05 bits per heavy atom. The van der Waals surface area contributed by atoms with Crippen molar-refractivity contribution in [3.8, 4) is 11.5 Å². The van der Waals surface area contributed by atoms with Crippen LogP contribution in [0.3, 0.4) is 0 Å². The number of rotatable bonds is 4. The third-order valence-corrected chi connectivity index (χ3v) is 3.93. The van der Waals surface area contributed by atoms with Crippen LogP contribution in [-0.4, -0.2) is 32.5 Å². The number of hydrogen-bond acceptors (Lipinski definition) is 4. The van der Waals surface area contributed by atoms with Crippen LogP contribution in [0.1, 0.15) is 24.8 Å². The highest BCUT2D eigenvalue weighted by Crippen LogP contribution is 2.31. The number of methoxy groups -OCH3 is 1. The van der Waals surface area contributed by atoms with Gasteiger partial charge in [-0.3, -0.25) is 0 Å². The molecule has 19 heavy (non-hydrogen) atoms. The van der Waals surface area contributed by atoms with Crippen molar-refractivity contribution in [2.24, 2.45) is 0 Å². The van der Waals surface area contributed by atoms with Gasteiger partial charge in [0, 0.05) is 19.7 Å². The molecule has 2 aliphatic rings. The van der Waals surface area contributed by atoms with E-state index in [1.165, 1.54) is 18.4 Å². The Balaban J connectivity index is 1.60. The minimum absolute atomic E-state index is 0.359. The van der Waals surface area contributed by atoms with E-state index in [2.05, 4.69) is 17.4 Å². The van der Waals surface area contributed by atoms with E-state index < -0.39 is 0 Å². The quantitative estimate of drug-likeness (QED) is 0.903. The van der Waals surface area contributed by atoms with Crippen LogP contribution in [0.15, 0.2) is 18.2 Å². The largest absolute Gasteiger partial charge is 0.486 e. The maximum absolute atomic E-state index is 5.60. The zero-order valence-corrected chi connectivity index (χ0v) is 11.4. The van der Waals surface area contributed by atoms with Gasteiger partial charge in [-0.05, 0) is 37.0 Å². The van der Waals surface area contributed by atoms with Crippen molar-refractivity contribution in [3.05, 3.63) is 23.8 Å². The molecule has 1 fully saturated rings. The van der Waals surface area contributed by atoms with Gasteiger partial charge in [0.25, 0.3) is 0 Å². The normalized spacial score (nSPS) is 25.5. The lowest BCUT2D eigenvalue weighted by Crippen LogP contribution is -2.36. The molecule has 1 heterocycles. The summed E-state index contributed by atoms with van der Waals surface area (Å²) in [6.07, 6.45) is 3.97. The monoisotopic (exact) mass is 263 g/mol. The average molecular weight is 263 g/mol. The molecule has 2 unspecified atom stereocenters. The summed E-state index contributed by atoms with van der Waals surface area (Å²) in [5.74, 6) is 1.71. The Morgan fingerprint density at radius 1 is 1.21 bits per heavy atom. The molecule has 1 N–H and O–H groups in total. The molecule has 1 aliphatic carbocycles. The first kappa shape index (κ1) is 12.8. The molecule has 4 heteroatoms. The van der Waals surface area contributed by atoms with Crippen molar-refractivity contribution in [2.75, 3.05) is 20.3 Å². The van der Waals surface area contributed by atoms with E-state index in [0.717, 1.165) is 24.5 Å². The van der Waals surface area contributed by atoms with E-state index in [4.69, 9.17) is 14.2 Å². The second kappa shape index (κ2) is 5.80. The summed E-state index contributed by atoms with van der Waals surface area (Å²) in [7, 11) is 1.80. The van der Waals surface area contributed by atoms with Gasteiger partial charge in [0.15, 0.2) is 11.5 Å². The highest BCUT2D eigenvalue weighted by molar-refractivity contribution is 5.43. The first-order valence-electron chi connectivity index (χ1n) is 7.01. The molecule has 0 spiro atoms. The molecule has 1 aromatic carbocycles. The van der Waals surface area contributed by atoms with Crippen LogP contribution in [0.4, 0.5) is 0 Å². The van der Waals surface area contributed by atoms with Crippen LogP contribution in [0, 0.1) is 0 Å². The SMILES string of the molecule is COC1CCCC1NCc1ccc2c(c1)OCCO2. The lowest BCUT2D eigenvalue weighted by Gasteiger charge is -2.21. The van der Waals surface area contributed by atoms with Gasteiger partial charge in [-0.1, -0.05) is 6.07 Å². The van der Waals surface area contributed by atoms with E-state index >= 15 is 0 Å². The van der Waals surface area contributed by atoms with Crippen LogP contribution in [0.2, 0.25) is 0 Å². The zero-order chi connectivity index (χ0) is 13.1. The second-order valence-electron chi connectivity index (χ2n) is 5.17. The molecular weight excluding hydrogens is 242 g/mol. The molecule has 2 atom stereocenters. The summed E-state index contributed by atoms with van der Waals surface area (Å²) in [6, 6.07) is 6.63. The summed E-state index contributed by atoms with van der Waals surface area (Å²) in [4.78, 5) is 0. The van der Waals surface area contributed by atoms with Crippen molar-refractivity contribution in [2.45, 2.75) is 38.0 Å². The van der Waals surface area contributed by atoms with Gasteiger partial charge in [-0.2, -0.15) is 0 Å². The Bertz CT molecular complexity index is 435. The van der Waals surface area contributed by atoms with Crippen LogP contribution in [-0.2, 0) is 11.3 Å². The number of benzene rings is 1. The molecule has 1 aromatic rings. The Kier molecular flexibility index (Phi) is 3.89. The Morgan fingerprint density at radius 3 is 2.89 bits per heavy atom. The molecule has 1 saturated carbocycles. The Hall–Kier alpha value is -1.26. The van der Waals surface area contributed by atoms with Crippen LogP contribution < -0.4 is 14.8 Å². The van der Waals surface area contributed by atoms with Crippen molar-refractivity contribution in [3.63, 3.8) is 0 Å². The fourth-order valence-electron chi connectivity index (χ4n) is 2.89. The predicted molar refractivity (Wildman–Crippen MR) is 72.7 cm³/mol. The van der Waals surface area contributed by atoms with Crippen molar-refractivity contribution in [1.82, 2.24) is 5.32 Å². The maximum atomic E-state index is 5.60. The molecule has 4 nitrogen and oxygen atoms in total. The van der Waals surface area contributed by atoms with Gasteiger partial charge >= 0.3 is 0 Å². The topological polar surface area (TPSA) is 39.7 Å². The number of nitrogens with one attached hydrogen (secondary N) is 1. The highest BCUT2D eigenvalue weighted by Gasteiger charge is 2.26. The van der Waals surface area contributed by atoms with E-state index in [1.807, 2.05) is 6.07 Å². The van der Waals surface area contributed by atoms with Crippen LogP contribution in [0.25, 0.3) is 0 Å². The van der Waals surface area contributed by atoms with E-state index in [-0.39, 0.29) is 0 Å². The summed E-state index contributed by atoms with van der Waals surface area (Å²) in [5.41, 5.74) is 1.23. The van der Waals surface area contributed by atoms with Gasteiger partial charge in [-0.15, -0.1) is 0 Å². The van der Waals surface area contributed by atoms with Crippen molar-refractivity contribution < 1.29 is 14.2 Å².